The standard InChI is InChI=1S/C74H72/c1-39(2)52-36-59-55-37-60-61(38-57(55)66-53(40(3)4)35-58-54-31-42-21-17-18-22-43(42)32-56(54)65(52)69(58)70(59)66)64(45-29-48(73(11,12)13)34-49(30-45)74(14,15)16)68-51-26-20-24-41-23-19-25-50(62(41)51)67(68)63(60)44-27-46(71(5,6)7)33-47(28-44)72(8,9)10/h17-40H,1-16H3. The average molecular weight is 961 g/mol. The van der Waals surface area contributed by atoms with E-state index in [-0.39, 0.29) is 21.7 Å². The van der Waals surface area contributed by atoms with Crippen molar-refractivity contribution in [1.82, 2.24) is 0 Å². The Kier molecular flexibility index (Phi) is 9.79. The van der Waals surface area contributed by atoms with Gasteiger partial charge >= 0.3 is 0 Å². The van der Waals surface area contributed by atoms with Crippen LogP contribution in [0.5, 0.6) is 0 Å². The molecule has 0 saturated carbocycles. The minimum Gasteiger partial charge on any atom is -0.0616 e. The van der Waals surface area contributed by atoms with E-state index in [0.717, 1.165) is 0 Å². The second-order valence-corrected chi connectivity index (χ2v) is 27.3. The summed E-state index contributed by atoms with van der Waals surface area (Å²) in [4.78, 5) is 0. The first-order valence-corrected chi connectivity index (χ1v) is 27.6. The Hall–Kier alpha value is -6.76. The molecule has 0 aliphatic heterocycles. The zero-order valence-corrected chi connectivity index (χ0v) is 46.9. The van der Waals surface area contributed by atoms with Gasteiger partial charge < -0.3 is 0 Å². The van der Waals surface area contributed by atoms with Crippen molar-refractivity contribution in [3.05, 3.63) is 167 Å². The van der Waals surface area contributed by atoms with Gasteiger partial charge in [0.15, 0.2) is 0 Å². The highest BCUT2D eigenvalue weighted by Crippen LogP contribution is 2.59. The fourth-order valence-corrected chi connectivity index (χ4v) is 13.4. The molecule has 368 valence electrons. The molecule has 12 aromatic carbocycles. The maximum Gasteiger partial charge on any atom is -0.000741 e. The van der Waals surface area contributed by atoms with Crippen molar-refractivity contribution in [2.24, 2.45) is 0 Å². The van der Waals surface area contributed by atoms with Gasteiger partial charge in [-0.15, -0.1) is 0 Å². The number of benzene rings is 10. The van der Waals surface area contributed by atoms with Crippen LogP contribution in [0.2, 0.25) is 0 Å². The van der Waals surface area contributed by atoms with Crippen LogP contribution in [-0.4, -0.2) is 0 Å². The van der Waals surface area contributed by atoms with Crippen LogP contribution in [0.25, 0.3) is 131 Å². The lowest BCUT2D eigenvalue weighted by molar-refractivity contribution is 0.568. The van der Waals surface area contributed by atoms with E-state index in [4.69, 9.17) is 0 Å². The summed E-state index contributed by atoms with van der Waals surface area (Å²) in [5.74, 6) is 0.648. The van der Waals surface area contributed by atoms with Gasteiger partial charge in [0.2, 0.25) is 0 Å². The third kappa shape index (κ3) is 6.71. The van der Waals surface area contributed by atoms with E-state index in [1.807, 2.05) is 0 Å². The largest absolute Gasteiger partial charge is 0.0616 e. The van der Waals surface area contributed by atoms with Crippen LogP contribution in [0.1, 0.15) is 156 Å². The number of fused-ring (bicyclic) bond motifs is 11. The highest BCUT2D eigenvalue weighted by Gasteiger charge is 2.34. The van der Waals surface area contributed by atoms with Gasteiger partial charge in [-0.1, -0.05) is 208 Å². The van der Waals surface area contributed by atoms with E-state index in [1.54, 1.807) is 0 Å². The van der Waals surface area contributed by atoms with Crippen molar-refractivity contribution in [1.29, 1.82) is 0 Å². The third-order valence-electron chi connectivity index (χ3n) is 17.5. The summed E-state index contributed by atoms with van der Waals surface area (Å²) < 4.78 is 0. The van der Waals surface area contributed by atoms with Crippen LogP contribution < -0.4 is 0 Å². The fourth-order valence-electron chi connectivity index (χ4n) is 13.4. The second-order valence-electron chi connectivity index (χ2n) is 27.3. The van der Waals surface area contributed by atoms with Gasteiger partial charge in [0.25, 0.3) is 0 Å². The van der Waals surface area contributed by atoms with Gasteiger partial charge in [-0.2, -0.15) is 0 Å². The predicted octanol–water partition coefficient (Wildman–Crippen LogP) is 22.2. The summed E-state index contributed by atoms with van der Waals surface area (Å²) in [6.45, 7) is 38.2. The zero-order chi connectivity index (χ0) is 52.0. The molecule has 0 spiro atoms. The third-order valence-corrected chi connectivity index (χ3v) is 17.5. The Morgan fingerprint density at radius 1 is 0.270 bits per heavy atom. The van der Waals surface area contributed by atoms with Crippen LogP contribution in [0.3, 0.4) is 0 Å². The molecule has 0 heterocycles. The molecule has 0 saturated heterocycles. The van der Waals surface area contributed by atoms with Gasteiger partial charge in [0, 0.05) is 0 Å². The van der Waals surface area contributed by atoms with Crippen molar-refractivity contribution >= 4 is 86.2 Å². The molecule has 0 heteroatoms. The van der Waals surface area contributed by atoms with Crippen molar-refractivity contribution < 1.29 is 0 Å². The number of hydrogen-bond acceptors (Lipinski definition) is 0. The van der Waals surface area contributed by atoms with E-state index < -0.39 is 0 Å². The van der Waals surface area contributed by atoms with E-state index >= 15 is 0 Å². The molecule has 1 aliphatic rings. The van der Waals surface area contributed by atoms with Gasteiger partial charge in [-0.05, 0) is 234 Å². The molecule has 0 aromatic heterocycles. The predicted molar refractivity (Wildman–Crippen MR) is 327 cm³/mol. The average Bonchev–Trinajstić information content (AvgIpc) is 3.95. The lowest BCUT2D eigenvalue weighted by atomic mass is 9.76. The molecule has 0 fully saturated rings. The highest BCUT2D eigenvalue weighted by molar-refractivity contribution is 6.43. The highest BCUT2D eigenvalue weighted by atomic mass is 14.4. The first kappa shape index (κ1) is 47.0. The summed E-state index contributed by atoms with van der Waals surface area (Å²) in [7, 11) is 0. The van der Waals surface area contributed by atoms with Crippen LogP contribution >= 0.6 is 0 Å². The van der Waals surface area contributed by atoms with Crippen molar-refractivity contribution in [3.8, 4) is 44.5 Å². The Morgan fingerprint density at radius 2 is 0.703 bits per heavy atom. The van der Waals surface area contributed by atoms with Gasteiger partial charge in [0.1, 0.15) is 0 Å². The molecule has 12 aromatic rings. The van der Waals surface area contributed by atoms with Crippen LogP contribution in [0.15, 0.2) is 133 Å². The molecular weight excluding hydrogens is 889 g/mol. The fraction of sp³-hybridized carbons (Fsp3) is 0.297. The number of rotatable bonds is 4. The minimum atomic E-state index is -0.0570. The van der Waals surface area contributed by atoms with Gasteiger partial charge in [-0.3, -0.25) is 0 Å². The zero-order valence-electron chi connectivity index (χ0n) is 46.9. The van der Waals surface area contributed by atoms with Crippen molar-refractivity contribution in [2.45, 2.75) is 144 Å². The molecule has 0 nitrogen and oxygen atoms in total. The molecule has 0 N–H and O–H groups in total. The summed E-state index contributed by atoms with van der Waals surface area (Å²) in [5, 5.41) is 21.8. The molecule has 0 bridgehead atoms. The van der Waals surface area contributed by atoms with E-state index in [9.17, 15) is 0 Å². The molecule has 0 unspecified atom stereocenters. The first-order chi connectivity index (χ1) is 34.9. The Bertz CT molecular complexity index is 4290. The lowest BCUT2D eigenvalue weighted by Gasteiger charge is -2.28. The first-order valence-electron chi connectivity index (χ1n) is 27.6. The van der Waals surface area contributed by atoms with Crippen LogP contribution in [0.4, 0.5) is 0 Å². The maximum absolute atomic E-state index is 2.69. The topological polar surface area (TPSA) is 0 Å². The maximum atomic E-state index is 2.69. The molecule has 0 radical (unpaired) electrons. The summed E-state index contributed by atoms with van der Waals surface area (Å²) >= 11 is 0. The second kappa shape index (κ2) is 15.4. The Labute approximate surface area is 439 Å². The van der Waals surface area contributed by atoms with Gasteiger partial charge in [-0.25, -0.2) is 0 Å². The smallest absolute Gasteiger partial charge is 0.000741 e. The monoisotopic (exact) mass is 961 g/mol. The molecule has 0 amide bonds. The van der Waals surface area contributed by atoms with Crippen LogP contribution in [-0.2, 0) is 21.7 Å². The molecular formula is C74H72. The quantitative estimate of drug-likeness (QED) is 0.165. The normalized spacial score (nSPS) is 13.6. The van der Waals surface area contributed by atoms with E-state index in [1.165, 1.54) is 164 Å². The molecule has 0 atom stereocenters. The van der Waals surface area contributed by atoms with Crippen molar-refractivity contribution in [2.75, 3.05) is 0 Å². The summed E-state index contributed by atoms with van der Waals surface area (Å²) in [6, 6.07) is 53.9. The lowest BCUT2D eigenvalue weighted by Crippen LogP contribution is -2.16. The minimum absolute atomic E-state index is 0.0567. The molecule has 13 rings (SSSR count). The van der Waals surface area contributed by atoms with E-state index in [0.29, 0.717) is 11.8 Å². The molecule has 74 heavy (non-hydrogen) atoms. The Morgan fingerprint density at radius 3 is 1.16 bits per heavy atom. The van der Waals surface area contributed by atoms with Crippen molar-refractivity contribution in [3.63, 3.8) is 0 Å². The van der Waals surface area contributed by atoms with Gasteiger partial charge in [0.05, 0.1) is 0 Å². The summed E-state index contributed by atoms with van der Waals surface area (Å²) in [5.41, 5.74) is 19.1. The van der Waals surface area contributed by atoms with Crippen LogP contribution in [0, 0.1) is 0 Å². The SMILES string of the molecule is CC(C)c1cc2c3cc4c(-c5cc(C(C)(C)C)cc(C(C)(C)C)c5)c5c6cccc7cccc(c5c(-c5cc(C(C)(C)C)cc(C(C)(C)C)c5)c4cc3c3c(C(C)C)cc4c(c1-c1cc5ccccc5cc1-4)c23)c76. The number of hydrogen-bond donors (Lipinski definition) is 0. The molecule has 1 aliphatic carbocycles. The summed E-state index contributed by atoms with van der Waals surface area (Å²) in [6.07, 6.45) is 0. The van der Waals surface area contributed by atoms with E-state index in [2.05, 4.69) is 244 Å². The Balaban J connectivity index is 1.32.